The highest BCUT2D eigenvalue weighted by atomic mass is 32.2. The van der Waals surface area contributed by atoms with Gasteiger partial charge in [-0.15, -0.1) is 0 Å². The molecule has 1 N–H and O–H groups in total. The van der Waals surface area contributed by atoms with E-state index >= 15 is 0 Å². The van der Waals surface area contributed by atoms with Crippen LogP contribution >= 0.6 is 0 Å². The van der Waals surface area contributed by atoms with Gasteiger partial charge in [0.1, 0.15) is 5.82 Å². The number of carbonyl (C=O) groups is 1. The van der Waals surface area contributed by atoms with E-state index in [-0.39, 0.29) is 5.78 Å². The molecule has 2 aromatic carbocycles. The quantitative estimate of drug-likeness (QED) is 0.634. The molecule has 150 valence electrons. The van der Waals surface area contributed by atoms with Gasteiger partial charge in [-0.05, 0) is 62.2 Å². The second kappa shape index (κ2) is 7.93. The highest BCUT2D eigenvalue weighted by Gasteiger charge is 2.26. The molecule has 2 heterocycles. The number of hydrogen-bond acceptors (Lipinski definition) is 5. The molecule has 7 heteroatoms. The minimum Gasteiger partial charge on any atom is -0.340 e. The number of piperidine rings is 1. The monoisotopic (exact) mass is 409 g/mol. The topological polar surface area (TPSA) is 79.4 Å². The van der Waals surface area contributed by atoms with E-state index in [1.807, 2.05) is 18.2 Å². The van der Waals surface area contributed by atoms with Crippen LogP contribution in [-0.2, 0) is 10.0 Å². The summed E-state index contributed by atoms with van der Waals surface area (Å²) >= 11 is 0. The van der Waals surface area contributed by atoms with Gasteiger partial charge >= 0.3 is 0 Å². The van der Waals surface area contributed by atoms with E-state index in [1.165, 1.54) is 6.92 Å². The third kappa shape index (κ3) is 4.16. The summed E-state index contributed by atoms with van der Waals surface area (Å²) < 4.78 is 27.4. The third-order valence-corrected chi connectivity index (χ3v) is 7.05. The number of pyridine rings is 1. The van der Waals surface area contributed by atoms with Gasteiger partial charge in [0.05, 0.1) is 10.4 Å². The number of Topliss-reactive ketones (excluding diaryl/α,β-unsaturated/α-hetero) is 1. The van der Waals surface area contributed by atoms with Gasteiger partial charge in [-0.1, -0.05) is 18.6 Å². The molecule has 29 heavy (non-hydrogen) atoms. The van der Waals surface area contributed by atoms with Gasteiger partial charge < -0.3 is 5.32 Å². The number of ketones is 1. The summed E-state index contributed by atoms with van der Waals surface area (Å²) in [5, 5.41) is 3.97. The first-order valence-electron chi connectivity index (χ1n) is 9.72. The van der Waals surface area contributed by atoms with Crippen LogP contribution in [0.2, 0.25) is 0 Å². The fraction of sp³-hybridized carbons (Fsp3) is 0.273. The average Bonchev–Trinajstić information content (AvgIpc) is 2.74. The molecular weight excluding hydrogens is 386 g/mol. The zero-order chi connectivity index (χ0) is 20.4. The largest absolute Gasteiger partial charge is 0.340 e. The van der Waals surface area contributed by atoms with E-state index in [0.29, 0.717) is 34.9 Å². The van der Waals surface area contributed by atoms with Crippen molar-refractivity contribution in [3.8, 4) is 0 Å². The highest BCUT2D eigenvalue weighted by molar-refractivity contribution is 7.89. The smallest absolute Gasteiger partial charge is 0.243 e. The third-order valence-electron chi connectivity index (χ3n) is 5.15. The lowest BCUT2D eigenvalue weighted by Crippen LogP contribution is -2.35. The van der Waals surface area contributed by atoms with E-state index in [2.05, 4.69) is 10.3 Å². The number of sulfonamides is 1. The van der Waals surface area contributed by atoms with Crippen molar-refractivity contribution in [2.45, 2.75) is 31.1 Å². The average molecular weight is 410 g/mol. The fourth-order valence-corrected chi connectivity index (χ4v) is 5.10. The molecule has 0 amide bonds. The Labute approximate surface area is 170 Å². The molecule has 4 rings (SSSR count). The predicted octanol–water partition coefficient (Wildman–Crippen LogP) is 4.36. The Bertz CT molecular complexity index is 1170. The number of anilines is 2. The van der Waals surface area contributed by atoms with Gasteiger partial charge in [-0.3, -0.25) is 4.79 Å². The van der Waals surface area contributed by atoms with Gasteiger partial charge in [0.15, 0.2) is 5.78 Å². The molecular formula is C22H23N3O3S. The summed E-state index contributed by atoms with van der Waals surface area (Å²) in [7, 11) is -3.47. The minimum absolute atomic E-state index is 0.00237. The standard InChI is InChI=1S/C22H23N3O3S/c1-16(26)17-6-5-7-19(14-17)23-22-11-8-18-15-20(9-10-21(18)24-22)29(27,28)25-12-3-2-4-13-25/h5-11,14-15H,2-4,12-13H2,1H3,(H,23,24). The molecule has 0 radical (unpaired) electrons. The normalized spacial score (nSPS) is 15.3. The van der Waals surface area contributed by atoms with Crippen molar-refractivity contribution in [1.29, 1.82) is 0 Å². The molecule has 0 unspecified atom stereocenters. The second-order valence-electron chi connectivity index (χ2n) is 7.28. The Balaban J connectivity index is 1.60. The summed E-state index contributed by atoms with van der Waals surface area (Å²) in [4.78, 5) is 16.4. The lowest BCUT2D eigenvalue weighted by molar-refractivity contribution is 0.101. The maximum atomic E-state index is 12.9. The first-order valence-corrected chi connectivity index (χ1v) is 11.2. The van der Waals surface area contributed by atoms with Crippen LogP contribution in [0.5, 0.6) is 0 Å². The van der Waals surface area contributed by atoms with Crippen molar-refractivity contribution in [2.24, 2.45) is 0 Å². The summed E-state index contributed by atoms with van der Waals surface area (Å²) in [6, 6.07) is 15.9. The Morgan fingerprint density at radius 1 is 1.00 bits per heavy atom. The molecule has 1 saturated heterocycles. The van der Waals surface area contributed by atoms with Gasteiger partial charge in [-0.2, -0.15) is 4.31 Å². The number of aromatic nitrogens is 1. The van der Waals surface area contributed by atoms with Crippen LogP contribution in [-0.4, -0.2) is 36.6 Å². The molecule has 3 aromatic rings. The zero-order valence-electron chi connectivity index (χ0n) is 16.3. The van der Waals surface area contributed by atoms with E-state index in [9.17, 15) is 13.2 Å². The van der Waals surface area contributed by atoms with Crippen molar-refractivity contribution in [3.05, 3.63) is 60.2 Å². The Morgan fingerprint density at radius 2 is 1.79 bits per heavy atom. The number of rotatable bonds is 5. The summed E-state index contributed by atoms with van der Waals surface area (Å²) in [6.07, 6.45) is 2.90. The first-order chi connectivity index (χ1) is 13.9. The summed E-state index contributed by atoms with van der Waals surface area (Å²) in [5.74, 6) is 0.632. The lowest BCUT2D eigenvalue weighted by atomic mass is 10.1. The van der Waals surface area contributed by atoms with E-state index < -0.39 is 10.0 Å². The highest BCUT2D eigenvalue weighted by Crippen LogP contribution is 2.25. The number of nitrogens with one attached hydrogen (secondary N) is 1. The van der Waals surface area contributed by atoms with Crippen molar-refractivity contribution < 1.29 is 13.2 Å². The maximum absolute atomic E-state index is 12.9. The SMILES string of the molecule is CC(=O)c1cccc(Nc2ccc3cc(S(=O)(=O)N4CCCCC4)ccc3n2)c1. The molecule has 1 aromatic heterocycles. The van der Waals surface area contributed by atoms with Crippen LogP contribution in [0.1, 0.15) is 36.5 Å². The van der Waals surface area contributed by atoms with E-state index in [1.54, 1.807) is 40.7 Å². The lowest BCUT2D eigenvalue weighted by Gasteiger charge is -2.25. The summed E-state index contributed by atoms with van der Waals surface area (Å²) in [6.45, 7) is 2.70. The van der Waals surface area contributed by atoms with Crippen LogP contribution in [0.25, 0.3) is 10.9 Å². The maximum Gasteiger partial charge on any atom is 0.243 e. The van der Waals surface area contributed by atoms with Crippen LogP contribution in [0.4, 0.5) is 11.5 Å². The van der Waals surface area contributed by atoms with Crippen molar-refractivity contribution >= 4 is 38.2 Å². The Kier molecular flexibility index (Phi) is 5.34. The van der Waals surface area contributed by atoms with Crippen molar-refractivity contribution in [1.82, 2.24) is 9.29 Å². The van der Waals surface area contributed by atoms with Gasteiger partial charge in [-0.25, -0.2) is 13.4 Å². The van der Waals surface area contributed by atoms with Gasteiger partial charge in [0.2, 0.25) is 10.0 Å². The number of benzene rings is 2. The first kappa shape index (κ1) is 19.5. The van der Waals surface area contributed by atoms with Gasteiger partial charge in [0, 0.05) is 29.7 Å². The molecule has 0 bridgehead atoms. The number of hydrogen-bond donors (Lipinski definition) is 1. The molecule has 6 nitrogen and oxygen atoms in total. The second-order valence-corrected chi connectivity index (χ2v) is 9.22. The molecule has 1 aliphatic rings. The van der Waals surface area contributed by atoms with Crippen LogP contribution in [0.3, 0.4) is 0 Å². The number of carbonyl (C=O) groups excluding carboxylic acids is 1. The zero-order valence-corrected chi connectivity index (χ0v) is 17.1. The predicted molar refractivity (Wildman–Crippen MR) is 114 cm³/mol. The van der Waals surface area contributed by atoms with E-state index in [4.69, 9.17) is 0 Å². The van der Waals surface area contributed by atoms with Crippen LogP contribution < -0.4 is 5.32 Å². The van der Waals surface area contributed by atoms with Gasteiger partial charge in [0.25, 0.3) is 0 Å². The van der Waals surface area contributed by atoms with E-state index in [0.717, 1.165) is 30.3 Å². The molecule has 1 aliphatic heterocycles. The molecule has 0 saturated carbocycles. The molecule has 1 fully saturated rings. The summed E-state index contributed by atoms with van der Waals surface area (Å²) in [5.41, 5.74) is 2.10. The molecule has 0 aliphatic carbocycles. The molecule has 0 spiro atoms. The van der Waals surface area contributed by atoms with Crippen molar-refractivity contribution in [3.63, 3.8) is 0 Å². The van der Waals surface area contributed by atoms with Crippen LogP contribution in [0.15, 0.2) is 59.5 Å². The minimum atomic E-state index is -3.47. The Hall–Kier alpha value is -2.77. The Morgan fingerprint density at radius 3 is 2.55 bits per heavy atom. The molecule has 0 atom stereocenters. The fourth-order valence-electron chi connectivity index (χ4n) is 3.55. The number of fused-ring (bicyclic) bond motifs is 1. The van der Waals surface area contributed by atoms with Crippen molar-refractivity contribution in [2.75, 3.05) is 18.4 Å². The number of nitrogens with zero attached hydrogens (tertiary/aromatic N) is 2. The van der Waals surface area contributed by atoms with Crippen LogP contribution in [0, 0.1) is 0 Å².